The van der Waals surface area contributed by atoms with Gasteiger partial charge in [0.25, 0.3) is 0 Å². The summed E-state index contributed by atoms with van der Waals surface area (Å²) in [7, 11) is -3.21. The van der Waals surface area contributed by atoms with Crippen LogP contribution in [0.15, 0.2) is 41.3 Å². The fourth-order valence-corrected chi connectivity index (χ4v) is 3.64. The first kappa shape index (κ1) is 19.2. The molecule has 1 aromatic heterocycles. The molecule has 0 bridgehead atoms. The molecule has 27 heavy (non-hydrogen) atoms. The molecule has 0 aliphatic carbocycles. The van der Waals surface area contributed by atoms with Gasteiger partial charge in [0.15, 0.2) is 9.84 Å². The lowest BCUT2D eigenvalue weighted by Crippen LogP contribution is -2.44. The van der Waals surface area contributed by atoms with Gasteiger partial charge in [0, 0.05) is 37.5 Å². The SMILES string of the molecule is CS(=O)(=O)c1ccc(-c2ccc(CNC3CCN(C(=O)O)CC3)nn2)cc1. The van der Waals surface area contributed by atoms with Gasteiger partial charge in [0.1, 0.15) is 0 Å². The molecule has 9 heteroatoms. The van der Waals surface area contributed by atoms with Crippen molar-refractivity contribution in [3.63, 3.8) is 0 Å². The lowest BCUT2D eigenvalue weighted by atomic mass is 10.1. The minimum Gasteiger partial charge on any atom is -0.465 e. The Kier molecular flexibility index (Phi) is 5.71. The number of amides is 1. The maximum Gasteiger partial charge on any atom is 0.407 e. The summed E-state index contributed by atoms with van der Waals surface area (Å²) in [4.78, 5) is 12.6. The van der Waals surface area contributed by atoms with Crippen molar-refractivity contribution in [3.05, 3.63) is 42.1 Å². The molecule has 0 spiro atoms. The fraction of sp³-hybridized carbons (Fsp3) is 0.389. The minimum atomic E-state index is -3.21. The van der Waals surface area contributed by atoms with E-state index in [9.17, 15) is 13.2 Å². The Bertz CT molecular complexity index is 890. The van der Waals surface area contributed by atoms with E-state index < -0.39 is 15.9 Å². The Labute approximate surface area is 158 Å². The van der Waals surface area contributed by atoms with Gasteiger partial charge in [0.05, 0.1) is 16.3 Å². The van der Waals surface area contributed by atoms with Crippen molar-refractivity contribution < 1.29 is 18.3 Å². The first-order chi connectivity index (χ1) is 12.8. The molecule has 1 fully saturated rings. The highest BCUT2D eigenvalue weighted by atomic mass is 32.2. The van der Waals surface area contributed by atoms with Crippen molar-refractivity contribution in [2.75, 3.05) is 19.3 Å². The third-order valence-corrected chi connectivity index (χ3v) is 5.76. The quantitative estimate of drug-likeness (QED) is 0.800. The van der Waals surface area contributed by atoms with E-state index in [1.54, 1.807) is 24.3 Å². The molecule has 1 aliphatic heterocycles. The minimum absolute atomic E-state index is 0.269. The second kappa shape index (κ2) is 8.01. The number of hydrogen-bond donors (Lipinski definition) is 2. The zero-order valence-corrected chi connectivity index (χ0v) is 15.8. The highest BCUT2D eigenvalue weighted by molar-refractivity contribution is 7.90. The molecular weight excluding hydrogens is 368 g/mol. The lowest BCUT2D eigenvalue weighted by molar-refractivity contribution is 0.129. The Hall–Kier alpha value is -2.52. The van der Waals surface area contributed by atoms with E-state index in [-0.39, 0.29) is 10.9 Å². The summed E-state index contributed by atoms with van der Waals surface area (Å²) in [6, 6.07) is 10.6. The second-order valence-electron chi connectivity index (χ2n) is 6.63. The molecule has 0 radical (unpaired) electrons. The van der Waals surface area contributed by atoms with E-state index in [4.69, 9.17) is 5.11 Å². The molecule has 0 atom stereocenters. The molecule has 3 rings (SSSR count). The van der Waals surface area contributed by atoms with Crippen molar-refractivity contribution >= 4 is 15.9 Å². The van der Waals surface area contributed by atoms with Gasteiger partial charge in [-0.2, -0.15) is 10.2 Å². The first-order valence-corrected chi connectivity index (χ1v) is 10.6. The van der Waals surface area contributed by atoms with Crippen LogP contribution in [0.25, 0.3) is 11.3 Å². The fourth-order valence-electron chi connectivity index (χ4n) is 3.00. The molecule has 0 saturated carbocycles. The average molecular weight is 390 g/mol. The number of benzene rings is 1. The summed E-state index contributed by atoms with van der Waals surface area (Å²) >= 11 is 0. The summed E-state index contributed by atoms with van der Waals surface area (Å²) < 4.78 is 23.0. The number of sulfone groups is 1. The lowest BCUT2D eigenvalue weighted by Gasteiger charge is -2.30. The zero-order chi connectivity index (χ0) is 19.4. The highest BCUT2D eigenvalue weighted by Gasteiger charge is 2.21. The molecular formula is C18H22N4O4S. The Morgan fingerprint density at radius 1 is 1.15 bits per heavy atom. The molecule has 2 aromatic rings. The van der Waals surface area contributed by atoms with Crippen molar-refractivity contribution in [2.24, 2.45) is 0 Å². The van der Waals surface area contributed by atoms with Crippen LogP contribution in [0.2, 0.25) is 0 Å². The van der Waals surface area contributed by atoms with E-state index in [2.05, 4.69) is 15.5 Å². The van der Waals surface area contributed by atoms with E-state index >= 15 is 0 Å². The highest BCUT2D eigenvalue weighted by Crippen LogP contribution is 2.19. The molecule has 2 heterocycles. The van der Waals surface area contributed by atoms with E-state index in [0.29, 0.717) is 25.3 Å². The molecule has 2 N–H and O–H groups in total. The number of aromatic nitrogens is 2. The van der Waals surface area contributed by atoms with Crippen LogP contribution in [0.4, 0.5) is 4.79 Å². The van der Waals surface area contributed by atoms with Crippen LogP contribution in [0.5, 0.6) is 0 Å². The molecule has 1 amide bonds. The smallest absolute Gasteiger partial charge is 0.407 e. The van der Waals surface area contributed by atoms with Crippen LogP contribution in [0, 0.1) is 0 Å². The normalized spacial score (nSPS) is 15.7. The number of hydrogen-bond acceptors (Lipinski definition) is 6. The molecule has 1 aliphatic rings. The predicted octanol–water partition coefficient (Wildman–Crippen LogP) is 1.78. The average Bonchev–Trinajstić information content (AvgIpc) is 2.66. The van der Waals surface area contributed by atoms with Crippen LogP contribution in [-0.2, 0) is 16.4 Å². The maximum absolute atomic E-state index is 11.5. The third-order valence-electron chi connectivity index (χ3n) is 4.64. The van der Waals surface area contributed by atoms with Crippen LogP contribution >= 0.6 is 0 Å². The van der Waals surface area contributed by atoms with Gasteiger partial charge in [-0.25, -0.2) is 13.2 Å². The number of carboxylic acid groups (broad SMARTS) is 1. The number of nitrogens with one attached hydrogen (secondary N) is 1. The number of rotatable bonds is 5. The summed E-state index contributed by atoms with van der Waals surface area (Å²) in [6.45, 7) is 1.65. The van der Waals surface area contributed by atoms with E-state index in [1.807, 2.05) is 12.1 Å². The van der Waals surface area contributed by atoms with Gasteiger partial charge in [-0.3, -0.25) is 0 Å². The molecule has 0 unspecified atom stereocenters. The largest absolute Gasteiger partial charge is 0.465 e. The third kappa shape index (κ3) is 5.01. The zero-order valence-electron chi connectivity index (χ0n) is 15.0. The van der Waals surface area contributed by atoms with Gasteiger partial charge < -0.3 is 15.3 Å². The molecule has 144 valence electrons. The molecule has 1 saturated heterocycles. The summed E-state index contributed by atoms with van der Waals surface area (Å²) in [6.07, 6.45) is 1.88. The topological polar surface area (TPSA) is 112 Å². The number of nitrogens with zero attached hydrogens (tertiary/aromatic N) is 3. The summed E-state index contributed by atoms with van der Waals surface area (Å²) in [5, 5.41) is 20.8. The van der Waals surface area contributed by atoms with Crippen LogP contribution < -0.4 is 5.32 Å². The van der Waals surface area contributed by atoms with Crippen molar-refractivity contribution in [3.8, 4) is 11.3 Å². The van der Waals surface area contributed by atoms with Gasteiger partial charge in [0.2, 0.25) is 0 Å². The Morgan fingerprint density at radius 3 is 2.33 bits per heavy atom. The van der Waals surface area contributed by atoms with Crippen LogP contribution in [-0.4, -0.2) is 60.1 Å². The van der Waals surface area contributed by atoms with Crippen LogP contribution in [0.1, 0.15) is 18.5 Å². The summed E-state index contributed by atoms with van der Waals surface area (Å²) in [5.74, 6) is 0. The van der Waals surface area contributed by atoms with Crippen molar-refractivity contribution in [1.29, 1.82) is 0 Å². The first-order valence-electron chi connectivity index (χ1n) is 8.67. The Balaban J connectivity index is 1.55. The number of likely N-dealkylation sites (tertiary alicyclic amines) is 1. The maximum atomic E-state index is 11.5. The molecule has 1 aromatic carbocycles. The van der Waals surface area contributed by atoms with E-state index in [1.165, 1.54) is 11.2 Å². The second-order valence-corrected chi connectivity index (χ2v) is 8.65. The van der Waals surface area contributed by atoms with Crippen molar-refractivity contribution in [2.45, 2.75) is 30.3 Å². The van der Waals surface area contributed by atoms with Gasteiger partial charge >= 0.3 is 6.09 Å². The summed E-state index contributed by atoms with van der Waals surface area (Å²) in [5.41, 5.74) is 2.27. The van der Waals surface area contributed by atoms with Crippen LogP contribution in [0.3, 0.4) is 0 Å². The number of carbonyl (C=O) groups is 1. The van der Waals surface area contributed by atoms with Gasteiger partial charge in [-0.1, -0.05) is 12.1 Å². The monoisotopic (exact) mass is 390 g/mol. The molecule has 8 nitrogen and oxygen atoms in total. The standard InChI is InChI=1S/C18H22N4O4S/c1-27(25,26)16-5-2-13(3-6-16)17-7-4-15(20-21-17)12-19-14-8-10-22(11-9-14)18(23)24/h2-7,14,19H,8-12H2,1H3,(H,23,24). The van der Waals surface area contributed by atoms with Crippen molar-refractivity contribution in [1.82, 2.24) is 20.4 Å². The predicted molar refractivity (Wildman–Crippen MR) is 100 cm³/mol. The van der Waals surface area contributed by atoms with Gasteiger partial charge in [-0.15, -0.1) is 0 Å². The Morgan fingerprint density at radius 2 is 1.81 bits per heavy atom. The van der Waals surface area contributed by atoms with E-state index in [0.717, 1.165) is 24.1 Å². The van der Waals surface area contributed by atoms with Gasteiger partial charge in [-0.05, 0) is 37.1 Å². The number of piperidine rings is 1.